The van der Waals surface area contributed by atoms with E-state index in [2.05, 4.69) is 0 Å². The standard InChI is InChI=1S/C40H36O12/c1-18(2)10-11-39-27-9-6-22(43)16-32(27)51-40(39,50)38(49)35-31(47)17-30(46)34(37(35)52-39)26-13-19(3)12-25(23-7-4-20(41)14-28(23)44)33(26)36(48)24-8-5-21(42)15-29(24)45/h4-10,13-17,25-26,33,41-47,50H,11-12H2,1-3H3. The summed E-state index contributed by atoms with van der Waals surface area (Å²) in [6, 6.07) is 12.3. The molecule has 4 aromatic carbocycles. The minimum Gasteiger partial charge on any atom is -0.508 e. The Balaban J connectivity index is 1.51. The highest BCUT2D eigenvalue weighted by atomic mass is 16.7. The number of hydrogen-bond acceptors (Lipinski definition) is 12. The minimum absolute atomic E-state index is 0.0526. The summed E-state index contributed by atoms with van der Waals surface area (Å²) in [6.45, 7) is 5.37. The van der Waals surface area contributed by atoms with E-state index in [1.54, 1.807) is 32.9 Å². The fourth-order valence-corrected chi connectivity index (χ4v) is 7.85. The van der Waals surface area contributed by atoms with Gasteiger partial charge in [-0.05, 0) is 63.1 Å². The molecule has 5 atom stereocenters. The van der Waals surface area contributed by atoms with E-state index in [-0.39, 0.29) is 69.6 Å². The molecule has 0 saturated heterocycles. The van der Waals surface area contributed by atoms with Gasteiger partial charge in [0.15, 0.2) is 5.78 Å². The number of rotatable bonds is 6. The van der Waals surface area contributed by atoms with Crippen molar-refractivity contribution in [2.24, 2.45) is 5.92 Å². The fourth-order valence-electron chi connectivity index (χ4n) is 7.85. The molecule has 3 aliphatic rings. The number of hydrogen-bond donors (Lipinski definition) is 8. The van der Waals surface area contributed by atoms with E-state index >= 15 is 0 Å². The number of fused-ring (bicyclic) bond motifs is 4. The third-order valence-electron chi connectivity index (χ3n) is 10.2. The Morgan fingerprint density at radius 2 is 1.48 bits per heavy atom. The Morgan fingerprint density at radius 3 is 2.15 bits per heavy atom. The molecule has 0 amide bonds. The molecule has 8 N–H and O–H groups in total. The molecular weight excluding hydrogens is 672 g/mol. The average molecular weight is 709 g/mol. The molecule has 2 aliphatic heterocycles. The summed E-state index contributed by atoms with van der Waals surface area (Å²) in [7, 11) is 0. The Bertz CT molecular complexity index is 2250. The van der Waals surface area contributed by atoms with Gasteiger partial charge in [0, 0.05) is 59.6 Å². The lowest BCUT2D eigenvalue weighted by atomic mass is 9.64. The highest BCUT2D eigenvalue weighted by molar-refractivity contribution is 6.09. The van der Waals surface area contributed by atoms with Crippen molar-refractivity contribution in [3.63, 3.8) is 0 Å². The Kier molecular flexibility index (Phi) is 7.91. The van der Waals surface area contributed by atoms with E-state index in [9.17, 15) is 50.4 Å². The second kappa shape index (κ2) is 12.0. The number of aliphatic hydroxyl groups is 1. The molecule has 7 rings (SSSR count). The second-order valence-electron chi connectivity index (χ2n) is 13.9. The summed E-state index contributed by atoms with van der Waals surface area (Å²) in [6.07, 6.45) is 3.47. The van der Waals surface area contributed by atoms with Crippen molar-refractivity contribution in [3.8, 4) is 51.7 Å². The van der Waals surface area contributed by atoms with Crippen molar-refractivity contribution >= 4 is 11.6 Å². The van der Waals surface area contributed by atoms with Crippen LogP contribution in [0.1, 0.15) is 82.9 Å². The van der Waals surface area contributed by atoms with Gasteiger partial charge in [0.05, 0.1) is 5.56 Å². The zero-order valence-corrected chi connectivity index (χ0v) is 28.3. The molecule has 1 aliphatic carbocycles. The van der Waals surface area contributed by atoms with Crippen LogP contribution in [0.5, 0.6) is 51.7 Å². The van der Waals surface area contributed by atoms with E-state index in [4.69, 9.17) is 9.47 Å². The van der Waals surface area contributed by atoms with Crippen molar-refractivity contribution in [2.45, 2.75) is 56.8 Å². The number of phenolic OH excluding ortho intramolecular Hbond substituents is 7. The lowest BCUT2D eigenvalue weighted by Gasteiger charge is -2.45. The van der Waals surface area contributed by atoms with Crippen LogP contribution in [-0.4, -0.2) is 58.2 Å². The molecule has 4 aromatic rings. The molecule has 0 radical (unpaired) electrons. The molecular formula is C40H36O12. The van der Waals surface area contributed by atoms with Gasteiger partial charge in [0.1, 0.15) is 57.3 Å². The van der Waals surface area contributed by atoms with Crippen LogP contribution >= 0.6 is 0 Å². The first kappa shape index (κ1) is 34.3. The van der Waals surface area contributed by atoms with Crippen molar-refractivity contribution in [1.29, 1.82) is 0 Å². The fraction of sp³-hybridized carbons (Fsp3) is 0.250. The van der Waals surface area contributed by atoms with Crippen LogP contribution in [0, 0.1) is 5.92 Å². The van der Waals surface area contributed by atoms with E-state index in [0.717, 1.165) is 23.8 Å². The van der Waals surface area contributed by atoms with Crippen molar-refractivity contribution in [3.05, 3.63) is 112 Å². The number of ketones is 2. The third kappa shape index (κ3) is 5.09. The molecule has 0 fully saturated rings. The lowest BCUT2D eigenvalue weighted by molar-refractivity contribution is -0.202. The quantitative estimate of drug-likeness (QED) is 0.0824. The van der Waals surface area contributed by atoms with Crippen LogP contribution in [0.25, 0.3) is 0 Å². The first-order valence-electron chi connectivity index (χ1n) is 16.5. The van der Waals surface area contributed by atoms with Crippen molar-refractivity contribution in [1.82, 2.24) is 0 Å². The predicted octanol–water partition coefficient (Wildman–Crippen LogP) is 6.25. The van der Waals surface area contributed by atoms with E-state index < -0.39 is 63.5 Å². The van der Waals surface area contributed by atoms with Crippen LogP contribution in [0.15, 0.2) is 84.0 Å². The summed E-state index contributed by atoms with van der Waals surface area (Å²) in [5, 5.41) is 87.4. The molecule has 52 heavy (non-hydrogen) atoms. The zero-order valence-electron chi connectivity index (χ0n) is 28.3. The van der Waals surface area contributed by atoms with Gasteiger partial charge in [-0.2, -0.15) is 0 Å². The van der Waals surface area contributed by atoms with Gasteiger partial charge in [0.25, 0.3) is 0 Å². The zero-order chi connectivity index (χ0) is 37.4. The number of ether oxygens (including phenoxy) is 2. The maximum atomic E-state index is 14.7. The van der Waals surface area contributed by atoms with Crippen molar-refractivity contribution < 1.29 is 59.9 Å². The molecule has 2 heterocycles. The van der Waals surface area contributed by atoms with Crippen LogP contribution in [0.4, 0.5) is 0 Å². The van der Waals surface area contributed by atoms with Gasteiger partial charge < -0.3 is 50.3 Å². The molecule has 0 saturated carbocycles. The number of phenols is 7. The molecule has 0 aromatic heterocycles. The van der Waals surface area contributed by atoms with Gasteiger partial charge in [0.2, 0.25) is 11.4 Å². The predicted molar refractivity (Wildman–Crippen MR) is 185 cm³/mol. The first-order chi connectivity index (χ1) is 24.6. The Labute approximate surface area is 297 Å². The topological polar surface area (TPSA) is 214 Å². The van der Waals surface area contributed by atoms with Crippen LogP contribution < -0.4 is 9.47 Å². The molecule has 268 valence electrons. The number of Topliss-reactive ketones (excluding diaryl/α,β-unsaturated/α-hetero) is 2. The maximum absolute atomic E-state index is 14.7. The van der Waals surface area contributed by atoms with Gasteiger partial charge in [-0.15, -0.1) is 0 Å². The number of allylic oxidation sites excluding steroid dienone is 3. The second-order valence-corrected chi connectivity index (χ2v) is 13.9. The molecule has 0 spiro atoms. The smallest absolute Gasteiger partial charge is 0.318 e. The van der Waals surface area contributed by atoms with Crippen LogP contribution in [0.2, 0.25) is 0 Å². The molecule has 5 unspecified atom stereocenters. The van der Waals surface area contributed by atoms with Gasteiger partial charge in [-0.3, -0.25) is 9.59 Å². The maximum Gasteiger partial charge on any atom is 0.318 e. The van der Waals surface area contributed by atoms with Crippen LogP contribution in [-0.2, 0) is 5.60 Å². The molecule has 0 bridgehead atoms. The third-order valence-corrected chi connectivity index (χ3v) is 10.2. The van der Waals surface area contributed by atoms with E-state index in [1.165, 1.54) is 42.5 Å². The summed E-state index contributed by atoms with van der Waals surface area (Å²) >= 11 is 0. The highest BCUT2D eigenvalue weighted by Gasteiger charge is 2.70. The van der Waals surface area contributed by atoms with Crippen LogP contribution in [0.3, 0.4) is 0 Å². The van der Waals surface area contributed by atoms with E-state index in [1.807, 2.05) is 0 Å². The first-order valence-corrected chi connectivity index (χ1v) is 16.5. The number of carbonyl (C=O) groups is 2. The largest absolute Gasteiger partial charge is 0.508 e. The monoisotopic (exact) mass is 708 g/mol. The summed E-state index contributed by atoms with van der Waals surface area (Å²) in [5.41, 5.74) is -0.864. The number of benzene rings is 4. The molecule has 12 nitrogen and oxygen atoms in total. The average Bonchev–Trinajstić information content (AvgIpc) is 3.31. The Hall–Kier alpha value is -6.14. The minimum atomic E-state index is -2.75. The number of carbonyl (C=O) groups excluding carboxylic acids is 2. The Morgan fingerprint density at radius 1 is 0.827 bits per heavy atom. The lowest BCUT2D eigenvalue weighted by Crippen LogP contribution is -2.62. The molecule has 12 heteroatoms. The van der Waals surface area contributed by atoms with Gasteiger partial charge in [-0.1, -0.05) is 29.4 Å². The summed E-state index contributed by atoms with van der Waals surface area (Å²) in [5.74, 6) is -11.0. The summed E-state index contributed by atoms with van der Waals surface area (Å²) in [4.78, 5) is 29.3. The van der Waals surface area contributed by atoms with Gasteiger partial charge in [-0.25, -0.2) is 0 Å². The van der Waals surface area contributed by atoms with Crippen molar-refractivity contribution in [2.75, 3.05) is 0 Å². The summed E-state index contributed by atoms with van der Waals surface area (Å²) < 4.78 is 12.6. The number of aromatic hydroxyl groups is 7. The SMILES string of the molecule is CC(C)=CCC12Oc3c(c(O)cc(O)c3C3C=C(C)CC(c4ccc(O)cc4O)C3C(=O)c3ccc(O)cc3O)C(=O)C1(O)Oc1cc(O)ccc12. The highest BCUT2D eigenvalue weighted by Crippen LogP contribution is 2.62. The van der Waals surface area contributed by atoms with E-state index in [0.29, 0.717) is 5.57 Å². The van der Waals surface area contributed by atoms with Gasteiger partial charge >= 0.3 is 5.79 Å². The normalized spacial score (nSPS) is 24.4.